The van der Waals surface area contributed by atoms with E-state index in [2.05, 4.69) is 0 Å². The molecule has 0 aliphatic heterocycles. The average Bonchev–Trinajstić information content (AvgIpc) is 2.14. The molecule has 0 aliphatic carbocycles. The van der Waals surface area contributed by atoms with E-state index in [1.165, 1.54) is 6.07 Å². The SMILES string of the molecule is Cc1c(N(C)CC(C)(C)O)cccc1[N+](=O)[O-]. The van der Waals surface area contributed by atoms with Gasteiger partial charge in [-0.1, -0.05) is 6.07 Å². The summed E-state index contributed by atoms with van der Waals surface area (Å²) in [5.74, 6) is 0. The van der Waals surface area contributed by atoms with Crippen LogP contribution in [0, 0.1) is 17.0 Å². The zero-order chi connectivity index (χ0) is 13.2. The van der Waals surface area contributed by atoms with Crippen molar-refractivity contribution < 1.29 is 10.0 Å². The molecule has 0 bridgehead atoms. The molecule has 0 saturated heterocycles. The van der Waals surface area contributed by atoms with E-state index in [4.69, 9.17) is 0 Å². The first-order valence-corrected chi connectivity index (χ1v) is 5.40. The van der Waals surface area contributed by atoms with Crippen LogP contribution in [-0.4, -0.2) is 29.2 Å². The second-order valence-electron chi connectivity index (χ2n) is 4.85. The minimum Gasteiger partial charge on any atom is -0.389 e. The zero-order valence-electron chi connectivity index (χ0n) is 10.6. The number of nitrogens with zero attached hydrogens (tertiary/aromatic N) is 2. The highest BCUT2D eigenvalue weighted by Crippen LogP contribution is 2.28. The van der Waals surface area contributed by atoms with Crippen LogP contribution < -0.4 is 4.90 Å². The third kappa shape index (κ3) is 3.42. The van der Waals surface area contributed by atoms with Crippen LogP contribution in [0.25, 0.3) is 0 Å². The lowest BCUT2D eigenvalue weighted by atomic mass is 10.1. The fourth-order valence-corrected chi connectivity index (χ4v) is 1.89. The van der Waals surface area contributed by atoms with Crippen LogP contribution in [0.5, 0.6) is 0 Å². The van der Waals surface area contributed by atoms with Crippen molar-refractivity contribution >= 4 is 11.4 Å². The summed E-state index contributed by atoms with van der Waals surface area (Å²) in [5, 5.41) is 20.6. The summed E-state index contributed by atoms with van der Waals surface area (Å²) in [6.07, 6.45) is 0. The number of hydrogen-bond acceptors (Lipinski definition) is 4. The van der Waals surface area contributed by atoms with E-state index >= 15 is 0 Å². The third-order valence-electron chi connectivity index (χ3n) is 2.51. The van der Waals surface area contributed by atoms with Crippen molar-refractivity contribution in [2.75, 3.05) is 18.5 Å². The lowest BCUT2D eigenvalue weighted by Gasteiger charge is -2.28. The van der Waals surface area contributed by atoms with Gasteiger partial charge in [0.15, 0.2) is 0 Å². The number of aliphatic hydroxyl groups is 1. The Bertz CT molecular complexity index is 424. The van der Waals surface area contributed by atoms with Crippen LogP contribution in [0.2, 0.25) is 0 Å². The topological polar surface area (TPSA) is 66.6 Å². The van der Waals surface area contributed by atoms with Crippen LogP contribution in [-0.2, 0) is 0 Å². The van der Waals surface area contributed by atoms with E-state index in [0.717, 1.165) is 5.69 Å². The number of nitro groups is 1. The van der Waals surface area contributed by atoms with Crippen LogP contribution >= 0.6 is 0 Å². The Hall–Kier alpha value is -1.62. The number of nitro benzene ring substituents is 1. The first-order chi connectivity index (χ1) is 7.72. The van der Waals surface area contributed by atoms with E-state index in [9.17, 15) is 15.2 Å². The van der Waals surface area contributed by atoms with Gasteiger partial charge in [0.05, 0.1) is 10.5 Å². The zero-order valence-corrected chi connectivity index (χ0v) is 10.6. The van der Waals surface area contributed by atoms with E-state index < -0.39 is 10.5 Å². The molecule has 0 saturated carbocycles. The van der Waals surface area contributed by atoms with Gasteiger partial charge in [0.1, 0.15) is 0 Å². The van der Waals surface area contributed by atoms with Crippen LogP contribution in [0.1, 0.15) is 19.4 Å². The highest BCUT2D eigenvalue weighted by atomic mass is 16.6. The summed E-state index contributed by atoms with van der Waals surface area (Å²) in [4.78, 5) is 12.2. The normalized spacial score (nSPS) is 11.4. The molecule has 0 heterocycles. The molecule has 94 valence electrons. The summed E-state index contributed by atoms with van der Waals surface area (Å²) in [5.41, 5.74) is 0.641. The van der Waals surface area contributed by atoms with Gasteiger partial charge in [0.2, 0.25) is 0 Å². The quantitative estimate of drug-likeness (QED) is 0.644. The molecule has 0 spiro atoms. The lowest BCUT2D eigenvalue weighted by Crippen LogP contribution is -2.36. The lowest BCUT2D eigenvalue weighted by molar-refractivity contribution is -0.385. The van der Waals surface area contributed by atoms with Crippen LogP contribution in [0.4, 0.5) is 11.4 Å². The van der Waals surface area contributed by atoms with Crippen molar-refractivity contribution in [3.05, 3.63) is 33.9 Å². The molecule has 1 N–H and O–H groups in total. The highest BCUT2D eigenvalue weighted by molar-refractivity contribution is 5.61. The highest BCUT2D eigenvalue weighted by Gasteiger charge is 2.20. The van der Waals surface area contributed by atoms with Gasteiger partial charge in [-0.15, -0.1) is 0 Å². The Morgan fingerprint density at radius 3 is 2.53 bits per heavy atom. The third-order valence-corrected chi connectivity index (χ3v) is 2.51. The van der Waals surface area contributed by atoms with Gasteiger partial charge < -0.3 is 10.0 Å². The first-order valence-electron chi connectivity index (χ1n) is 5.40. The number of hydrogen-bond donors (Lipinski definition) is 1. The summed E-state index contributed by atoms with van der Waals surface area (Å²) >= 11 is 0. The maximum atomic E-state index is 10.8. The number of anilines is 1. The van der Waals surface area contributed by atoms with Gasteiger partial charge in [-0.2, -0.15) is 0 Å². The van der Waals surface area contributed by atoms with Crippen molar-refractivity contribution in [1.29, 1.82) is 0 Å². The van der Waals surface area contributed by atoms with Crippen molar-refractivity contribution in [2.24, 2.45) is 0 Å². The van der Waals surface area contributed by atoms with Gasteiger partial charge in [0.25, 0.3) is 5.69 Å². The molecule has 17 heavy (non-hydrogen) atoms. The van der Waals surface area contributed by atoms with Crippen molar-refractivity contribution in [3.63, 3.8) is 0 Å². The summed E-state index contributed by atoms with van der Waals surface area (Å²) < 4.78 is 0. The molecule has 5 heteroatoms. The predicted octanol–water partition coefficient (Wildman–Crippen LogP) is 2.11. The van der Waals surface area contributed by atoms with E-state index in [1.54, 1.807) is 26.8 Å². The van der Waals surface area contributed by atoms with Gasteiger partial charge in [-0.25, -0.2) is 0 Å². The Morgan fingerprint density at radius 2 is 2.06 bits per heavy atom. The van der Waals surface area contributed by atoms with Gasteiger partial charge >= 0.3 is 0 Å². The monoisotopic (exact) mass is 238 g/mol. The molecule has 0 aliphatic rings. The minimum atomic E-state index is -0.841. The molecule has 1 aromatic rings. The van der Waals surface area contributed by atoms with E-state index in [1.807, 2.05) is 18.0 Å². The largest absolute Gasteiger partial charge is 0.389 e. The average molecular weight is 238 g/mol. The Kier molecular flexibility index (Phi) is 3.72. The molecule has 0 unspecified atom stereocenters. The Balaban J connectivity index is 3.07. The molecule has 0 fully saturated rings. The smallest absolute Gasteiger partial charge is 0.274 e. The Labute approximate surface area is 101 Å². The summed E-state index contributed by atoms with van der Waals surface area (Å²) in [6.45, 7) is 5.54. The van der Waals surface area contributed by atoms with Gasteiger partial charge in [-0.05, 0) is 26.8 Å². The number of likely N-dealkylation sites (N-methyl/N-ethyl adjacent to an activating group) is 1. The predicted molar refractivity (Wildman–Crippen MR) is 67.4 cm³/mol. The molecule has 1 aromatic carbocycles. The summed E-state index contributed by atoms with van der Waals surface area (Å²) in [6, 6.07) is 4.95. The fraction of sp³-hybridized carbons (Fsp3) is 0.500. The molecular formula is C12H18N2O3. The van der Waals surface area contributed by atoms with Crippen molar-refractivity contribution in [3.8, 4) is 0 Å². The maximum Gasteiger partial charge on any atom is 0.274 e. The maximum absolute atomic E-state index is 10.8. The second-order valence-corrected chi connectivity index (χ2v) is 4.85. The molecule has 0 radical (unpaired) electrons. The second kappa shape index (κ2) is 4.71. The summed E-state index contributed by atoms with van der Waals surface area (Å²) in [7, 11) is 1.81. The number of rotatable bonds is 4. The van der Waals surface area contributed by atoms with Gasteiger partial charge in [0, 0.05) is 30.9 Å². The van der Waals surface area contributed by atoms with Gasteiger partial charge in [-0.3, -0.25) is 10.1 Å². The standard InChI is InChI=1S/C12H18N2O3/c1-9-10(13(4)8-12(2,3)15)6-5-7-11(9)14(16)17/h5-7,15H,8H2,1-4H3. The molecular weight excluding hydrogens is 220 g/mol. The molecule has 5 nitrogen and oxygen atoms in total. The van der Waals surface area contributed by atoms with Crippen LogP contribution in [0.3, 0.4) is 0 Å². The molecule has 0 amide bonds. The van der Waals surface area contributed by atoms with Crippen LogP contribution in [0.15, 0.2) is 18.2 Å². The van der Waals surface area contributed by atoms with E-state index in [-0.39, 0.29) is 5.69 Å². The molecule has 0 atom stereocenters. The molecule has 1 rings (SSSR count). The molecule has 0 aromatic heterocycles. The first kappa shape index (κ1) is 13.4. The number of benzene rings is 1. The Morgan fingerprint density at radius 1 is 1.47 bits per heavy atom. The van der Waals surface area contributed by atoms with Crippen molar-refractivity contribution in [1.82, 2.24) is 0 Å². The van der Waals surface area contributed by atoms with Crippen molar-refractivity contribution in [2.45, 2.75) is 26.4 Å². The van der Waals surface area contributed by atoms with E-state index in [0.29, 0.717) is 12.1 Å². The fourth-order valence-electron chi connectivity index (χ4n) is 1.89. The minimum absolute atomic E-state index is 0.102.